The molecule has 3 rings (SSSR count). The molecular formula is C22H22. The van der Waals surface area contributed by atoms with Gasteiger partial charge in [0.1, 0.15) is 0 Å². The minimum Gasteiger partial charge on any atom is -0.0984 e. The maximum absolute atomic E-state index is 3.82. The van der Waals surface area contributed by atoms with E-state index in [1.54, 1.807) is 0 Å². The lowest BCUT2D eigenvalue weighted by atomic mass is 10.00. The fourth-order valence-corrected chi connectivity index (χ4v) is 2.22. The second-order valence-corrected chi connectivity index (χ2v) is 5.24. The summed E-state index contributed by atoms with van der Waals surface area (Å²) in [6.07, 6.45) is 1.89. The highest BCUT2D eigenvalue weighted by Gasteiger charge is 1.99. The van der Waals surface area contributed by atoms with E-state index in [2.05, 4.69) is 87.2 Å². The molecule has 0 spiro atoms. The average molecular weight is 286 g/mol. The van der Waals surface area contributed by atoms with E-state index in [1.165, 1.54) is 27.8 Å². The summed E-state index contributed by atoms with van der Waals surface area (Å²) < 4.78 is 0. The van der Waals surface area contributed by atoms with Gasteiger partial charge in [0.05, 0.1) is 0 Å². The van der Waals surface area contributed by atoms with Crippen molar-refractivity contribution in [1.82, 2.24) is 0 Å². The SMILES string of the molecule is C=Cc1ccccc1-c1ccccc1.Cc1ccccc1C. The lowest BCUT2D eigenvalue weighted by Gasteiger charge is -2.04. The molecule has 0 saturated heterocycles. The first-order chi connectivity index (χ1) is 10.7. The van der Waals surface area contributed by atoms with Crippen molar-refractivity contribution in [3.8, 4) is 11.1 Å². The number of aryl methyl sites for hydroxylation is 2. The third-order valence-corrected chi connectivity index (χ3v) is 3.69. The standard InChI is InChI=1S/C14H12.C8H10/c1-2-12-8-6-7-11-14(12)13-9-4-3-5-10-13;1-7-5-3-4-6-8(7)2/h2-11H,1H2;3-6H,1-2H3. The minimum atomic E-state index is 1.18. The highest BCUT2D eigenvalue weighted by Crippen LogP contribution is 2.23. The summed E-state index contributed by atoms with van der Waals surface area (Å²) >= 11 is 0. The first kappa shape index (κ1) is 15.8. The maximum atomic E-state index is 3.82. The molecule has 3 aromatic rings. The Kier molecular flexibility index (Phi) is 5.73. The van der Waals surface area contributed by atoms with Crippen LogP contribution < -0.4 is 0 Å². The Morgan fingerprint density at radius 2 is 1.14 bits per heavy atom. The molecule has 0 fully saturated rings. The van der Waals surface area contributed by atoms with Gasteiger partial charge in [0.25, 0.3) is 0 Å². The van der Waals surface area contributed by atoms with Gasteiger partial charge in [0.2, 0.25) is 0 Å². The summed E-state index contributed by atoms with van der Waals surface area (Å²) in [5.74, 6) is 0. The average Bonchev–Trinajstić information content (AvgIpc) is 2.59. The van der Waals surface area contributed by atoms with Crippen molar-refractivity contribution in [3.05, 3.63) is 102 Å². The molecule has 3 aromatic carbocycles. The summed E-state index contributed by atoms with van der Waals surface area (Å²) in [4.78, 5) is 0. The molecule has 110 valence electrons. The van der Waals surface area contributed by atoms with Crippen molar-refractivity contribution in [2.45, 2.75) is 13.8 Å². The molecule has 0 saturated carbocycles. The normalized spacial score (nSPS) is 9.55. The van der Waals surface area contributed by atoms with Gasteiger partial charge in [0.15, 0.2) is 0 Å². The number of hydrogen-bond acceptors (Lipinski definition) is 0. The van der Waals surface area contributed by atoms with Gasteiger partial charge in [-0.2, -0.15) is 0 Å². The van der Waals surface area contributed by atoms with E-state index in [9.17, 15) is 0 Å². The number of rotatable bonds is 2. The summed E-state index contributed by atoms with van der Waals surface area (Å²) in [5, 5.41) is 0. The molecule has 0 nitrogen and oxygen atoms in total. The first-order valence-electron chi connectivity index (χ1n) is 7.51. The van der Waals surface area contributed by atoms with Crippen LogP contribution in [0.5, 0.6) is 0 Å². The van der Waals surface area contributed by atoms with Crippen molar-refractivity contribution < 1.29 is 0 Å². The Balaban J connectivity index is 0.000000188. The smallest absolute Gasteiger partial charge is 0.0112 e. The van der Waals surface area contributed by atoms with Gasteiger partial charge in [-0.1, -0.05) is 91.5 Å². The predicted molar refractivity (Wildman–Crippen MR) is 97.9 cm³/mol. The summed E-state index contributed by atoms with van der Waals surface area (Å²) in [5.41, 5.74) is 6.39. The molecule has 22 heavy (non-hydrogen) atoms. The van der Waals surface area contributed by atoms with E-state index in [0.717, 1.165) is 0 Å². The summed E-state index contributed by atoms with van der Waals surface area (Å²) in [6, 6.07) is 27.0. The number of benzene rings is 3. The van der Waals surface area contributed by atoms with Crippen LogP contribution in [-0.4, -0.2) is 0 Å². The molecule has 0 atom stereocenters. The zero-order chi connectivity index (χ0) is 15.8. The van der Waals surface area contributed by atoms with Crippen molar-refractivity contribution in [3.63, 3.8) is 0 Å². The van der Waals surface area contributed by atoms with Crippen LogP contribution in [0, 0.1) is 13.8 Å². The Labute approximate surface area is 133 Å². The van der Waals surface area contributed by atoms with Crippen LogP contribution in [0.2, 0.25) is 0 Å². The Bertz CT molecular complexity index is 703. The fraction of sp³-hybridized carbons (Fsp3) is 0.0909. The molecule has 0 aromatic heterocycles. The quantitative estimate of drug-likeness (QED) is 0.518. The monoisotopic (exact) mass is 286 g/mol. The molecule has 0 amide bonds. The summed E-state index contributed by atoms with van der Waals surface area (Å²) in [6.45, 7) is 8.06. The van der Waals surface area contributed by atoms with Gasteiger partial charge in [-0.05, 0) is 41.7 Å². The summed E-state index contributed by atoms with van der Waals surface area (Å²) in [7, 11) is 0. The highest BCUT2D eigenvalue weighted by atomic mass is 14.0. The Hall–Kier alpha value is -2.60. The van der Waals surface area contributed by atoms with Crippen LogP contribution >= 0.6 is 0 Å². The second kappa shape index (κ2) is 7.99. The molecule has 0 unspecified atom stereocenters. The van der Waals surface area contributed by atoms with Crippen molar-refractivity contribution >= 4 is 6.08 Å². The van der Waals surface area contributed by atoms with Crippen LogP contribution in [0.15, 0.2) is 85.4 Å². The molecule has 0 aliphatic heterocycles. The van der Waals surface area contributed by atoms with E-state index in [1.807, 2.05) is 18.2 Å². The Morgan fingerprint density at radius 3 is 1.68 bits per heavy atom. The fourth-order valence-electron chi connectivity index (χ4n) is 2.22. The number of hydrogen-bond donors (Lipinski definition) is 0. The first-order valence-corrected chi connectivity index (χ1v) is 7.51. The minimum absolute atomic E-state index is 1.18. The molecule has 0 heterocycles. The van der Waals surface area contributed by atoms with Gasteiger partial charge >= 0.3 is 0 Å². The molecule has 0 heteroatoms. The molecule has 0 aliphatic carbocycles. The van der Waals surface area contributed by atoms with Crippen molar-refractivity contribution in [2.75, 3.05) is 0 Å². The van der Waals surface area contributed by atoms with Gasteiger partial charge in [-0.3, -0.25) is 0 Å². The third kappa shape index (κ3) is 4.20. The zero-order valence-electron chi connectivity index (χ0n) is 13.3. The highest BCUT2D eigenvalue weighted by molar-refractivity contribution is 5.74. The van der Waals surface area contributed by atoms with Crippen molar-refractivity contribution in [1.29, 1.82) is 0 Å². The lowest BCUT2D eigenvalue weighted by molar-refractivity contribution is 1.34. The van der Waals surface area contributed by atoms with Gasteiger partial charge in [-0.25, -0.2) is 0 Å². The third-order valence-electron chi connectivity index (χ3n) is 3.69. The van der Waals surface area contributed by atoms with Crippen LogP contribution in [0.4, 0.5) is 0 Å². The molecule has 0 bridgehead atoms. The molecular weight excluding hydrogens is 264 g/mol. The molecule has 0 radical (unpaired) electrons. The zero-order valence-corrected chi connectivity index (χ0v) is 13.3. The van der Waals surface area contributed by atoms with E-state index >= 15 is 0 Å². The van der Waals surface area contributed by atoms with Crippen LogP contribution in [0.1, 0.15) is 16.7 Å². The predicted octanol–water partition coefficient (Wildman–Crippen LogP) is 6.30. The van der Waals surface area contributed by atoms with Gasteiger partial charge in [0, 0.05) is 0 Å². The largest absolute Gasteiger partial charge is 0.0984 e. The van der Waals surface area contributed by atoms with Gasteiger partial charge < -0.3 is 0 Å². The van der Waals surface area contributed by atoms with E-state index in [0.29, 0.717) is 0 Å². The van der Waals surface area contributed by atoms with Gasteiger partial charge in [-0.15, -0.1) is 0 Å². The second-order valence-electron chi connectivity index (χ2n) is 5.24. The maximum Gasteiger partial charge on any atom is -0.0112 e. The van der Waals surface area contributed by atoms with E-state index in [-0.39, 0.29) is 0 Å². The molecule has 0 aliphatic rings. The van der Waals surface area contributed by atoms with E-state index in [4.69, 9.17) is 0 Å². The molecule has 0 N–H and O–H groups in total. The lowest BCUT2D eigenvalue weighted by Crippen LogP contribution is -1.81. The topological polar surface area (TPSA) is 0 Å². The van der Waals surface area contributed by atoms with Crippen LogP contribution in [0.3, 0.4) is 0 Å². The van der Waals surface area contributed by atoms with Crippen LogP contribution in [-0.2, 0) is 0 Å². The van der Waals surface area contributed by atoms with Crippen LogP contribution in [0.25, 0.3) is 17.2 Å². The van der Waals surface area contributed by atoms with E-state index < -0.39 is 0 Å². The Morgan fingerprint density at radius 1 is 0.636 bits per heavy atom. The van der Waals surface area contributed by atoms with Crippen molar-refractivity contribution in [2.24, 2.45) is 0 Å².